The average molecular weight is 627 g/mol. The summed E-state index contributed by atoms with van der Waals surface area (Å²) < 4.78 is 4.66. The van der Waals surface area contributed by atoms with E-state index >= 15 is 0 Å². The van der Waals surface area contributed by atoms with Crippen molar-refractivity contribution < 1.29 is 5.11 Å². The van der Waals surface area contributed by atoms with Crippen LogP contribution in [0.1, 0.15) is 0 Å². The Bertz CT molecular complexity index is 2870. The normalized spacial score (nSPS) is 11.8. The molecule has 2 aromatic heterocycles. The summed E-state index contributed by atoms with van der Waals surface area (Å²) in [5.74, 6) is 0.265. The minimum Gasteiger partial charge on any atom is -0.508 e. The van der Waals surface area contributed by atoms with Gasteiger partial charge < -0.3 is 14.2 Å². The maximum atomic E-state index is 9.92. The van der Waals surface area contributed by atoms with Gasteiger partial charge in [0.15, 0.2) is 0 Å². The van der Waals surface area contributed by atoms with Crippen molar-refractivity contribution in [3.63, 3.8) is 0 Å². The van der Waals surface area contributed by atoms with E-state index in [4.69, 9.17) is 0 Å². The van der Waals surface area contributed by atoms with Gasteiger partial charge in [-0.25, -0.2) is 0 Å². The van der Waals surface area contributed by atoms with E-state index in [1.807, 2.05) is 12.1 Å². The predicted octanol–water partition coefficient (Wildman–Crippen LogP) is 12.1. The monoisotopic (exact) mass is 626 g/mol. The lowest BCUT2D eigenvalue weighted by atomic mass is 10.0. The number of hydrogen-bond donors (Lipinski definition) is 1. The highest BCUT2D eigenvalue weighted by atomic mass is 16.3. The summed E-state index contributed by atoms with van der Waals surface area (Å²) in [4.78, 5) is 0. The molecule has 0 aliphatic heterocycles. The third kappa shape index (κ3) is 4.37. The topological polar surface area (TPSA) is 30.1 Å². The molecule has 0 unspecified atom stereocenters. The first-order valence-corrected chi connectivity index (χ1v) is 16.7. The van der Waals surface area contributed by atoms with E-state index in [0.29, 0.717) is 0 Å². The Labute approximate surface area is 283 Å². The molecular weight excluding hydrogens is 597 g/mol. The number of para-hydroxylation sites is 2. The fourth-order valence-electron chi connectivity index (χ4n) is 7.63. The molecule has 10 rings (SSSR count). The summed E-state index contributed by atoms with van der Waals surface area (Å²) >= 11 is 0. The second kappa shape index (κ2) is 10.7. The Balaban J connectivity index is 1.09. The lowest BCUT2D eigenvalue weighted by molar-refractivity contribution is 0.475. The summed E-state index contributed by atoms with van der Waals surface area (Å²) in [6, 6.07) is 62.5. The van der Waals surface area contributed by atoms with E-state index < -0.39 is 0 Å². The third-order valence-electron chi connectivity index (χ3n) is 9.99. The van der Waals surface area contributed by atoms with Gasteiger partial charge in [0.2, 0.25) is 0 Å². The fraction of sp³-hybridized carbons (Fsp3) is 0. The molecule has 0 spiro atoms. The van der Waals surface area contributed by atoms with E-state index in [1.165, 1.54) is 65.6 Å². The number of fused-ring (bicyclic) bond motifs is 7. The third-order valence-corrected chi connectivity index (χ3v) is 9.99. The van der Waals surface area contributed by atoms with Gasteiger partial charge >= 0.3 is 0 Å². The average Bonchev–Trinajstić information content (AvgIpc) is 3.67. The van der Waals surface area contributed by atoms with Gasteiger partial charge in [-0.2, -0.15) is 0 Å². The summed E-state index contributed by atoms with van der Waals surface area (Å²) in [5.41, 5.74) is 11.6. The molecule has 0 amide bonds. The van der Waals surface area contributed by atoms with Crippen LogP contribution >= 0.6 is 0 Å². The minimum atomic E-state index is 0.265. The quantitative estimate of drug-likeness (QED) is 0.207. The number of rotatable bonds is 4. The zero-order chi connectivity index (χ0) is 32.5. The van der Waals surface area contributed by atoms with Crippen LogP contribution in [0, 0.1) is 0 Å². The number of phenolic OH excluding ortho intramolecular Hbond substituents is 1. The van der Waals surface area contributed by atoms with Gasteiger partial charge in [-0.1, -0.05) is 97.1 Å². The molecule has 0 aliphatic rings. The molecule has 0 saturated carbocycles. The van der Waals surface area contributed by atoms with E-state index in [1.54, 1.807) is 12.1 Å². The molecule has 8 aromatic carbocycles. The molecule has 1 N–H and O–H groups in total. The van der Waals surface area contributed by atoms with E-state index in [2.05, 4.69) is 161 Å². The highest BCUT2D eigenvalue weighted by Crippen LogP contribution is 2.38. The van der Waals surface area contributed by atoms with Gasteiger partial charge in [0.1, 0.15) is 5.75 Å². The number of nitrogens with zero attached hydrogens (tertiary/aromatic N) is 2. The van der Waals surface area contributed by atoms with E-state index in [0.717, 1.165) is 22.4 Å². The standard InChI is InChI=1S/C46H30N2O/c49-38-23-21-37(22-24-38)48-44-12-6-4-10-40(44)42-29-35(18-26-46(42)48)34-17-25-45-41(28-34)39-9-3-5-11-43(39)47(45)36-19-15-31(16-20-36)33-14-13-30-7-1-2-8-32(30)27-33/h1-29,49H. The molecular formula is C46H30N2O. The largest absolute Gasteiger partial charge is 0.508 e. The van der Waals surface area contributed by atoms with Crippen LogP contribution in [0.25, 0.3) is 88.0 Å². The highest BCUT2D eigenvalue weighted by Gasteiger charge is 2.16. The Kier molecular flexibility index (Phi) is 6.03. The Morgan fingerprint density at radius 2 is 0.735 bits per heavy atom. The highest BCUT2D eigenvalue weighted by molar-refractivity contribution is 6.12. The summed E-state index contributed by atoms with van der Waals surface area (Å²) in [6.07, 6.45) is 0. The van der Waals surface area contributed by atoms with E-state index in [-0.39, 0.29) is 5.75 Å². The second-order valence-corrected chi connectivity index (χ2v) is 12.8. The predicted molar refractivity (Wildman–Crippen MR) is 205 cm³/mol. The van der Waals surface area contributed by atoms with Crippen molar-refractivity contribution in [1.29, 1.82) is 0 Å². The van der Waals surface area contributed by atoms with Crippen molar-refractivity contribution in [1.82, 2.24) is 9.13 Å². The lowest BCUT2D eigenvalue weighted by Crippen LogP contribution is -1.94. The van der Waals surface area contributed by atoms with Crippen molar-refractivity contribution >= 4 is 54.4 Å². The van der Waals surface area contributed by atoms with Crippen LogP contribution in [0.3, 0.4) is 0 Å². The van der Waals surface area contributed by atoms with Crippen LogP contribution in [0.15, 0.2) is 176 Å². The van der Waals surface area contributed by atoms with Crippen molar-refractivity contribution in [2.45, 2.75) is 0 Å². The molecule has 230 valence electrons. The maximum absolute atomic E-state index is 9.92. The zero-order valence-electron chi connectivity index (χ0n) is 26.6. The number of aromatic nitrogens is 2. The molecule has 3 heteroatoms. The molecule has 3 nitrogen and oxygen atoms in total. The van der Waals surface area contributed by atoms with Gasteiger partial charge in [0, 0.05) is 32.9 Å². The Hall–Kier alpha value is -6.58. The van der Waals surface area contributed by atoms with Crippen molar-refractivity contribution in [2.24, 2.45) is 0 Å². The van der Waals surface area contributed by atoms with Crippen LogP contribution < -0.4 is 0 Å². The molecule has 2 heterocycles. The van der Waals surface area contributed by atoms with Gasteiger partial charge in [-0.05, 0) is 112 Å². The number of aromatic hydroxyl groups is 1. The SMILES string of the molecule is Oc1ccc(-n2c3ccccc3c3cc(-c4ccc5c(c4)c4ccccc4n5-c4ccc(-c5ccc6ccccc6c5)cc4)ccc32)cc1. The van der Waals surface area contributed by atoms with Crippen LogP contribution in [0.2, 0.25) is 0 Å². The summed E-state index contributed by atoms with van der Waals surface area (Å²) in [7, 11) is 0. The molecule has 0 saturated heterocycles. The van der Waals surface area contributed by atoms with Gasteiger partial charge in [-0.15, -0.1) is 0 Å². The number of hydrogen-bond acceptors (Lipinski definition) is 1. The molecule has 49 heavy (non-hydrogen) atoms. The van der Waals surface area contributed by atoms with Crippen molar-refractivity contribution in [3.05, 3.63) is 176 Å². The van der Waals surface area contributed by atoms with Gasteiger partial charge in [0.25, 0.3) is 0 Å². The molecule has 0 atom stereocenters. The smallest absolute Gasteiger partial charge is 0.115 e. The fourth-order valence-corrected chi connectivity index (χ4v) is 7.63. The first kappa shape index (κ1) is 27.5. The lowest BCUT2D eigenvalue weighted by Gasteiger charge is -2.11. The van der Waals surface area contributed by atoms with Crippen LogP contribution in [0.4, 0.5) is 0 Å². The molecule has 0 fully saturated rings. The first-order chi connectivity index (χ1) is 24.2. The van der Waals surface area contributed by atoms with Crippen LogP contribution in [-0.2, 0) is 0 Å². The number of benzene rings is 8. The summed E-state index contributed by atoms with van der Waals surface area (Å²) in [5, 5.41) is 17.3. The molecule has 10 aromatic rings. The molecule has 0 bridgehead atoms. The van der Waals surface area contributed by atoms with Crippen LogP contribution in [-0.4, -0.2) is 14.2 Å². The van der Waals surface area contributed by atoms with Gasteiger partial charge in [0.05, 0.1) is 22.1 Å². The zero-order valence-corrected chi connectivity index (χ0v) is 26.6. The second-order valence-electron chi connectivity index (χ2n) is 12.8. The maximum Gasteiger partial charge on any atom is 0.115 e. The minimum absolute atomic E-state index is 0.265. The first-order valence-electron chi connectivity index (χ1n) is 16.7. The Morgan fingerprint density at radius 1 is 0.306 bits per heavy atom. The Morgan fingerprint density at radius 3 is 1.33 bits per heavy atom. The number of phenols is 1. The van der Waals surface area contributed by atoms with Crippen molar-refractivity contribution in [3.8, 4) is 39.4 Å². The summed E-state index contributed by atoms with van der Waals surface area (Å²) in [6.45, 7) is 0. The van der Waals surface area contributed by atoms with E-state index in [9.17, 15) is 5.11 Å². The van der Waals surface area contributed by atoms with Gasteiger partial charge in [-0.3, -0.25) is 0 Å². The molecule has 0 radical (unpaired) electrons. The van der Waals surface area contributed by atoms with Crippen LogP contribution in [0.5, 0.6) is 5.75 Å². The molecule has 0 aliphatic carbocycles. The van der Waals surface area contributed by atoms with Crippen molar-refractivity contribution in [2.75, 3.05) is 0 Å².